The van der Waals surface area contributed by atoms with Gasteiger partial charge in [-0.15, -0.1) is 0 Å². The lowest BCUT2D eigenvalue weighted by Crippen LogP contribution is -2.20. The fourth-order valence-corrected chi connectivity index (χ4v) is 2.02. The molecule has 0 radical (unpaired) electrons. The SMILES string of the molecule is CCCCNC(C)c1cc(F)c(Cl)cc1Cl. The third-order valence-electron chi connectivity index (χ3n) is 2.49. The number of benzene rings is 1. The highest BCUT2D eigenvalue weighted by atomic mass is 35.5. The van der Waals surface area contributed by atoms with Crippen molar-refractivity contribution in [2.45, 2.75) is 32.7 Å². The Hall–Kier alpha value is -0.310. The Morgan fingerprint density at radius 2 is 2.00 bits per heavy atom. The van der Waals surface area contributed by atoms with Gasteiger partial charge < -0.3 is 5.32 Å². The zero-order chi connectivity index (χ0) is 12.1. The van der Waals surface area contributed by atoms with Crippen molar-refractivity contribution in [3.8, 4) is 0 Å². The highest BCUT2D eigenvalue weighted by Gasteiger charge is 2.12. The molecule has 1 aromatic carbocycles. The zero-order valence-corrected chi connectivity index (χ0v) is 11.0. The van der Waals surface area contributed by atoms with E-state index in [1.165, 1.54) is 12.1 Å². The highest BCUT2D eigenvalue weighted by molar-refractivity contribution is 6.35. The first kappa shape index (κ1) is 13.8. The predicted molar refractivity (Wildman–Crippen MR) is 67.7 cm³/mol. The molecule has 0 aliphatic rings. The number of rotatable bonds is 5. The smallest absolute Gasteiger partial charge is 0.142 e. The van der Waals surface area contributed by atoms with Gasteiger partial charge in [0.05, 0.1) is 5.02 Å². The minimum atomic E-state index is -0.426. The van der Waals surface area contributed by atoms with E-state index in [2.05, 4.69) is 12.2 Å². The lowest BCUT2D eigenvalue weighted by molar-refractivity contribution is 0.548. The van der Waals surface area contributed by atoms with Crippen LogP contribution in [0, 0.1) is 5.82 Å². The first-order valence-electron chi connectivity index (χ1n) is 5.44. The summed E-state index contributed by atoms with van der Waals surface area (Å²) >= 11 is 11.7. The maximum absolute atomic E-state index is 13.3. The van der Waals surface area contributed by atoms with Gasteiger partial charge in [0.15, 0.2) is 0 Å². The molecule has 0 aliphatic heterocycles. The molecule has 0 bridgehead atoms. The van der Waals surface area contributed by atoms with Gasteiger partial charge in [0.25, 0.3) is 0 Å². The van der Waals surface area contributed by atoms with E-state index in [0.717, 1.165) is 24.9 Å². The first-order valence-corrected chi connectivity index (χ1v) is 6.19. The van der Waals surface area contributed by atoms with Gasteiger partial charge in [-0.2, -0.15) is 0 Å². The van der Waals surface area contributed by atoms with E-state index in [-0.39, 0.29) is 11.1 Å². The molecule has 0 aromatic heterocycles. The summed E-state index contributed by atoms with van der Waals surface area (Å²) in [6.07, 6.45) is 2.22. The standard InChI is InChI=1S/C12H16Cl2FN/c1-3-4-5-16-8(2)9-6-12(15)11(14)7-10(9)13/h6-8,16H,3-5H2,1-2H3. The Kier molecular flexibility index (Phi) is 5.53. The third kappa shape index (κ3) is 3.62. The van der Waals surface area contributed by atoms with Crippen molar-refractivity contribution in [3.63, 3.8) is 0 Å². The van der Waals surface area contributed by atoms with Crippen LogP contribution in [-0.4, -0.2) is 6.54 Å². The molecule has 1 unspecified atom stereocenters. The monoisotopic (exact) mass is 263 g/mol. The van der Waals surface area contributed by atoms with Gasteiger partial charge in [0, 0.05) is 11.1 Å². The molecular weight excluding hydrogens is 248 g/mol. The molecule has 1 N–H and O–H groups in total. The summed E-state index contributed by atoms with van der Waals surface area (Å²) in [6.45, 7) is 4.99. The summed E-state index contributed by atoms with van der Waals surface area (Å²) in [6, 6.07) is 2.88. The molecule has 16 heavy (non-hydrogen) atoms. The fourth-order valence-electron chi connectivity index (χ4n) is 1.48. The van der Waals surface area contributed by atoms with Crippen molar-refractivity contribution < 1.29 is 4.39 Å². The molecule has 0 amide bonds. The first-order chi connectivity index (χ1) is 7.56. The average Bonchev–Trinajstić information content (AvgIpc) is 2.23. The van der Waals surface area contributed by atoms with E-state index in [9.17, 15) is 4.39 Å². The highest BCUT2D eigenvalue weighted by Crippen LogP contribution is 2.28. The van der Waals surface area contributed by atoms with Gasteiger partial charge in [0.1, 0.15) is 5.82 Å². The fraction of sp³-hybridized carbons (Fsp3) is 0.500. The van der Waals surface area contributed by atoms with Crippen molar-refractivity contribution in [1.82, 2.24) is 5.32 Å². The van der Waals surface area contributed by atoms with Crippen molar-refractivity contribution in [2.75, 3.05) is 6.54 Å². The molecule has 0 saturated heterocycles. The molecule has 4 heteroatoms. The van der Waals surface area contributed by atoms with Crippen LogP contribution in [0.15, 0.2) is 12.1 Å². The molecule has 0 aliphatic carbocycles. The van der Waals surface area contributed by atoms with E-state index in [0.29, 0.717) is 5.02 Å². The molecule has 1 nitrogen and oxygen atoms in total. The second kappa shape index (κ2) is 6.43. The zero-order valence-electron chi connectivity index (χ0n) is 9.49. The summed E-state index contributed by atoms with van der Waals surface area (Å²) in [7, 11) is 0. The minimum Gasteiger partial charge on any atom is -0.310 e. The van der Waals surface area contributed by atoms with E-state index in [1.54, 1.807) is 0 Å². The van der Waals surface area contributed by atoms with Gasteiger partial charge in [-0.1, -0.05) is 36.5 Å². The normalized spacial score (nSPS) is 12.8. The molecule has 1 atom stereocenters. The second-order valence-corrected chi connectivity index (χ2v) is 4.63. The Labute approximate surface area is 106 Å². The Morgan fingerprint density at radius 1 is 1.31 bits per heavy atom. The summed E-state index contributed by atoms with van der Waals surface area (Å²) < 4.78 is 13.3. The van der Waals surface area contributed by atoms with Crippen molar-refractivity contribution in [2.24, 2.45) is 0 Å². The summed E-state index contributed by atoms with van der Waals surface area (Å²) in [4.78, 5) is 0. The van der Waals surface area contributed by atoms with Gasteiger partial charge >= 0.3 is 0 Å². The van der Waals surface area contributed by atoms with E-state index >= 15 is 0 Å². The number of unbranched alkanes of at least 4 members (excludes halogenated alkanes) is 1. The Bertz CT molecular complexity index is 355. The van der Waals surface area contributed by atoms with Crippen LogP contribution < -0.4 is 5.32 Å². The number of hydrogen-bond acceptors (Lipinski definition) is 1. The maximum Gasteiger partial charge on any atom is 0.142 e. The van der Waals surface area contributed by atoms with E-state index in [4.69, 9.17) is 23.2 Å². The lowest BCUT2D eigenvalue weighted by atomic mass is 10.1. The van der Waals surface area contributed by atoms with Crippen molar-refractivity contribution in [3.05, 3.63) is 33.6 Å². The summed E-state index contributed by atoms with van der Waals surface area (Å²) in [5.41, 5.74) is 0.750. The van der Waals surface area contributed by atoms with E-state index < -0.39 is 5.82 Å². The molecule has 0 saturated carbocycles. The third-order valence-corrected chi connectivity index (χ3v) is 3.10. The number of halogens is 3. The topological polar surface area (TPSA) is 12.0 Å². The minimum absolute atomic E-state index is 0.0332. The van der Waals surface area contributed by atoms with Crippen molar-refractivity contribution in [1.29, 1.82) is 0 Å². The average molecular weight is 264 g/mol. The number of nitrogens with one attached hydrogen (secondary N) is 1. The van der Waals surface area contributed by atoms with Crippen LogP contribution in [-0.2, 0) is 0 Å². The second-order valence-electron chi connectivity index (χ2n) is 3.82. The van der Waals surface area contributed by atoms with Crippen LogP contribution in [0.5, 0.6) is 0 Å². The molecule has 0 fully saturated rings. The molecule has 90 valence electrons. The number of hydrogen-bond donors (Lipinski definition) is 1. The van der Waals surface area contributed by atoms with Crippen LogP contribution in [0.4, 0.5) is 4.39 Å². The summed E-state index contributed by atoms with van der Waals surface area (Å²) in [5, 5.41) is 3.86. The van der Waals surface area contributed by atoms with Gasteiger partial charge in [-0.05, 0) is 37.6 Å². The molecular formula is C12H16Cl2FN. The van der Waals surface area contributed by atoms with Gasteiger partial charge in [0.2, 0.25) is 0 Å². The lowest BCUT2D eigenvalue weighted by Gasteiger charge is -2.16. The molecule has 0 heterocycles. The van der Waals surface area contributed by atoms with Crippen LogP contribution in [0.25, 0.3) is 0 Å². The van der Waals surface area contributed by atoms with Gasteiger partial charge in [-0.3, -0.25) is 0 Å². The van der Waals surface area contributed by atoms with Crippen LogP contribution in [0.2, 0.25) is 10.0 Å². The Balaban J connectivity index is 2.75. The van der Waals surface area contributed by atoms with Crippen molar-refractivity contribution >= 4 is 23.2 Å². The van der Waals surface area contributed by atoms with Crippen LogP contribution in [0.1, 0.15) is 38.3 Å². The predicted octanol–water partition coefficient (Wildman–Crippen LogP) is 4.58. The van der Waals surface area contributed by atoms with Crippen LogP contribution in [0.3, 0.4) is 0 Å². The maximum atomic E-state index is 13.3. The van der Waals surface area contributed by atoms with E-state index in [1.807, 2.05) is 6.92 Å². The van der Waals surface area contributed by atoms with Gasteiger partial charge in [-0.25, -0.2) is 4.39 Å². The Morgan fingerprint density at radius 3 is 2.62 bits per heavy atom. The summed E-state index contributed by atoms with van der Waals surface area (Å²) in [5.74, 6) is -0.426. The quantitative estimate of drug-likeness (QED) is 0.606. The molecule has 1 rings (SSSR count). The molecule has 0 spiro atoms. The largest absolute Gasteiger partial charge is 0.310 e. The molecule has 1 aromatic rings. The van der Waals surface area contributed by atoms with Crippen LogP contribution >= 0.6 is 23.2 Å².